The maximum absolute atomic E-state index is 12.1. The minimum atomic E-state index is 0.187. The molecule has 2 rings (SSSR count). The fraction of sp³-hybridized carbons (Fsp3) is 0.923. The molecule has 2 fully saturated rings. The normalized spacial score (nSPS) is 31.4. The lowest BCUT2D eigenvalue weighted by molar-refractivity contribution is -0.126. The van der Waals surface area contributed by atoms with Crippen molar-refractivity contribution in [2.24, 2.45) is 23.5 Å². The van der Waals surface area contributed by atoms with Crippen LogP contribution in [0.2, 0.25) is 0 Å². The van der Waals surface area contributed by atoms with Gasteiger partial charge in [-0.15, -0.1) is 0 Å². The highest BCUT2D eigenvalue weighted by Crippen LogP contribution is 2.34. The van der Waals surface area contributed by atoms with Gasteiger partial charge in [0, 0.05) is 12.0 Å². The lowest BCUT2D eigenvalue weighted by Gasteiger charge is -2.20. The summed E-state index contributed by atoms with van der Waals surface area (Å²) < 4.78 is 0. The Morgan fingerprint density at radius 1 is 1.38 bits per heavy atom. The minimum Gasteiger partial charge on any atom is -0.353 e. The van der Waals surface area contributed by atoms with Gasteiger partial charge in [0.15, 0.2) is 0 Å². The van der Waals surface area contributed by atoms with E-state index in [9.17, 15) is 4.79 Å². The molecule has 2 saturated carbocycles. The van der Waals surface area contributed by atoms with Crippen LogP contribution < -0.4 is 11.1 Å². The van der Waals surface area contributed by atoms with Crippen molar-refractivity contribution < 1.29 is 4.79 Å². The molecule has 2 aliphatic carbocycles. The first kappa shape index (κ1) is 11.9. The Morgan fingerprint density at radius 2 is 2.12 bits per heavy atom. The standard InChI is InChI=1S/C13H24N2O/c1-9(7-10-5-6-10)15-13(16)12-4-2-3-11(12)8-14/h9-12H,2-8,14H2,1H3,(H,15,16). The first-order valence-electron chi connectivity index (χ1n) is 6.71. The zero-order valence-corrected chi connectivity index (χ0v) is 10.2. The highest BCUT2D eigenvalue weighted by atomic mass is 16.1. The summed E-state index contributed by atoms with van der Waals surface area (Å²) in [7, 11) is 0. The van der Waals surface area contributed by atoms with Crippen LogP contribution >= 0.6 is 0 Å². The monoisotopic (exact) mass is 224 g/mol. The summed E-state index contributed by atoms with van der Waals surface area (Å²) in [6.45, 7) is 2.79. The highest BCUT2D eigenvalue weighted by Gasteiger charge is 2.33. The zero-order valence-electron chi connectivity index (χ0n) is 10.2. The molecule has 0 radical (unpaired) electrons. The number of hydrogen-bond acceptors (Lipinski definition) is 2. The van der Waals surface area contributed by atoms with Crippen LogP contribution in [0.1, 0.15) is 45.4 Å². The third-order valence-corrected chi connectivity index (χ3v) is 4.07. The summed E-state index contributed by atoms with van der Waals surface area (Å²) in [6, 6.07) is 0.346. The third kappa shape index (κ3) is 2.97. The average molecular weight is 224 g/mol. The smallest absolute Gasteiger partial charge is 0.223 e. The van der Waals surface area contributed by atoms with E-state index in [1.807, 2.05) is 0 Å². The second kappa shape index (κ2) is 5.17. The van der Waals surface area contributed by atoms with Crippen LogP contribution in [0.3, 0.4) is 0 Å². The van der Waals surface area contributed by atoms with Crippen molar-refractivity contribution in [3.63, 3.8) is 0 Å². The van der Waals surface area contributed by atoms with E-state index in [1.54, 1.807) is 0 Å². The van der Waals surface area contributed by atoms with Gasteiger partial charge in [0.05, 0.1) is 0 Å². The van der Waals surface area contributed by atoms with Crippen molar-refractivity contribution in [2.75, 3.05) is 6.54 Å². The van der Waals surface area contributed by atoms with Crippen molar-refractivity contribution in [2.45, 2.75) is 51.5 Å². The van der Waals surface area contributed by atoms with Crippen LogP contribution in [0.15, 0.2) is 0 Å². The van der Waals surface area contributed by atoms with Crippen LogP contribution in [0.4, 0.5) is 0 Å². The quantitative estimate of drug-likeness (QED) is 0.746. The van der Waals surface area contributed by atoms with Gasteiger partial charge in [0.2, 0.25) is 5.91 Å². The van der Waals surface area contributed by atoms with E-state index in [1.165, 1.54) is 12.8 Å². The van der Waals surface area contributed by atoms with Gasteiger partial charge in [0.25, 0.3) is 0 Å². The molecule has 16 heavy (non-hydrogen) atoms. The van der Waals surface area contributed by atoms with E-state index < -0.39 is 0 Å². The molecule has 2 aliphatic rings. The number of hydrogen-bond donors (Lipinski definition) is 2. The summed E-state index contributed by atoms with van der Waals surface area (Å²) >= 11 is 0. The van der Waals surface area contributed by atoms with Crippen LogP contribution in [0.25, 0.3) is 0 Å². The molecule has 1 amide bonds. The highest BCUT2D eigenvalue weighted by molar-refractivity contribution is 5.79. The Labute approximate surface area is 98.2 Å². The van der Waals surface area contributed by atoms with Gasteiger partial charge in [0.1, 0.15) is 0 Å². The van der Waals surface area contributed by atoms with E-state index in [4.69, 9.17) is 5.73 Å². The number of amides is 1. The lowest BCUT2D eigenvalue weighted by Crippen LogP contribution is -2.40. The van der Waals surface area contributed by atoms with Crippen molar-refractivity contribution in [1.29, 1.82) is 0 Å². The van der Waals surface area contributed by atoms with Gasteiger partial charge < -0.3 is 11.1 Å². The zero-order chi connectivity index (χ0) is 11.5. The van der Waals surface area contributed by atoms with E-state index in [-0.39, 0.29) is 11.8 Å². The molecule has 3 unspecified atom stereocenters. The van der Waals surface area contributed by atoms with Gasteiger partial charge >= 0.3 is 0 Å². The largest absolute Gasteiger partial charge is 0.353 e. The van der Waals surface area contributed by atoms with E-state index in [0.717, 1.165) is 31.6 Å². The Balaban J connectivity index is 1.77. The molecular weight excluding hydrogens is 200 g/mol. The van der Waals surface area contributed by atoms with Crippen molar-refractivity contribution in [3.8, 4) is 0 Å². The fourth-order valence-corrected chi connectivity index (χ4v) is 2.93. The van der Waals surface area contributed by atoms with Crippen molar-refractivity contribution >= 4 is 5.91 Å². The Bertz CT molecular complexity index is 250. The summed E-state index contributed by atoms with van der Waals surface area (Å²) in [5.74, 6) is 1.74. The second-order valence-corrected chi connectivity index (χ2v) is 5.62. The molecule has 0 aliphatic heterocycles. The average Bonchev–Trinajstić information content (AvgIpc) is 2.93. The Kier molecular flexibility index (Phi) is 3.85. The van der Waals surface area contributed by atoms with Crippen LogP contribution in [0.5, 0.6) is 0 Å². The number of nitrogens with one attached hydrogen (secondary N) is 1. The van der Waals surface area contributed by atoms with E-state index in [2.05, 4.69) is 12.2 Å². The minimum absolute atomic E-state index is 0.187. The SMILES string of the molecule is CC(CC1CC1)NC(=O)C1CCCC1CN. The molecule has 0 heterocycles. The second-order valence-electron chi connectivity index (χ2n) is 5.62. The van der Waals surface area contributed by atoms with Crippen molar-refractivity contribution in [1.82, 2.24) is 5.32 Å². The van der Waals surface area contributed by atoms with Gasteiger partial charge in [-0.25, -0.2) is 0 Å². The first-order chi connectivity index (χ1) is 7.70. The Hall–Kier alpha value is -0.570. The van der Waals surface area contributed by atoms with Gasteiger partial charge in [-0.05, 0) is 44.6 Å². The molecule has 0 spiro atoms. The maximum Gasteiger partial charge on any atom is 0.223 e. The van der Waals surface area contributed by atoms with Gasteiger partial charge in [-0.2, -0.15) is 0 Å². The third-order valence-electron chi connectivity index (χ3n) is 4.07. The molecule has 3 N–H and O–H groups in total. The lowest BCUT2D eigenvalue weighted by atomic mass is 9.95. The molecule has 3 atom stereocenters. The summed E-state index contributed by atoms with van der Waals surface area (Å²) in [5.41, 5.74) is 5.70. The Morgan fingerprint density at radius 3 is 2.75 bits per heavy atom. The summed E-state index contributed by atoms with van der Waals surface area (Å²) in [6.07, 6.45) is 7.20. The predicted molar refractivity (Wildman–Crippen MR) is 64.8 cm³/mol. The number of rotatable bonds is 5. The molecule has 92 valence electrons. The number of carbonyl (C=O) groups is 1. The van der Waals surface area contributed by atoms with Gasteiger partial charge in [-0.3, -0.25) is 4.79 Å². The van der Waals surface area contributed by atoms with E-state index in [0.29, 0.717) is 18.5 Å². The molecule has 0 aromatic heterocycles. The number of nitrogens with two attached hydrogens (primary N) is 1. The van der Waals surface area contributed by atoms with Crippen LogP contribution in [0, 0.1) is 17.8 Å². The van der Waals surface area contributed by atoms with E-state index >= 15 is 0 Å². The van der Waals surface area contributed by atoms with Crippen LogP contribution in [-0.2, 0) is 4.79 Å². The molecule has 0 saturated heterocycles. The van der Waals surface area contributed by atoms with Crippen LogP contribution in [-0.4, -0.2) is 18.5 Å². The summed E-state index contributed by atoms with van der Waals surface area (Å²) in [5, 5.41) is 3.16. The molecular formula is C13H24N2O. The molecule has 0 aromatic carbocycles. The van der Waals surface area contributed by atoms with Gasteiger partial charge in [-0.1, -0.05) is 19.3 Å². The van der Waals surface area contributed by atoms with Crippen molar-refractivity contribution in [3.05, 3.63) is 0 Å². The molecule has 3 heteroatoms. The summed E-state index contributed by atoms with van der Waals surface area (Å²) in [4.78, 5) is 12.1. The maximum atomic E-state index is 12.1. The first-order valence-corrected chi connectivity index (χ1v) is 6.71. The molecule has 3 nitrogen and oxygen atoms in total. The molecule has 0 bridgehead atoms. The fourth-order valence-electron chi connectivity index (χ4n) is 2.93. The molecule has 0 aromatic rings. The number of carbonyl (C=O) groups excluding carboxylic acids is 1. The predicted octanol–water partition coefficient (Wildman–Crippen LogP) is 1.67. The topological polar surface area (TPSA) is 55.1 Å².